The minimum absolute atomic E-state index is 0.0576. The van der Waals surface area contributed by atoms with E-state index in [1.165, 1.54) is 0 Å². The Labute approximate surface area is 143 Å². The van der Waals surface area contributed by atoms with E-state index in [-0.39, 0.29) is 11.9 Å². The number of amides is 1. The number of hydrogen-bond donors (Lipinski definition) is 1. The van der Waals surface area contributed by atoms with Crippen LogP contribution in [0.1, 0.15) is 46.4 Å². The highest BCUT2D eigenvalue weighted by Gasteiger charge is 2.17. The summed E-state index contributed by atoms with van der Waals surface area (Å²) in [5, 5.41) is 3.12. The summed E-state index contributed by atoms with van der Waals surface area (Å²) in [5.74, 6) is 1.28. The van der Waals surface area contributed by atoms with Crippen LogP contribution in [-0.4, -0.2) is 20.1 Å². The molecule has 0 radical (unpaired) electrons. The lowest BCUT2D eigenvalue weighted by Gasteiger charge is -2.20. The zero-order valence-electron chi connectivity index (χ0n) is 15.0. The molecule has 1 N–H and O–H groups in total. The molecule has 0 aliphatic rings. The Morgan fingerprint density at radius 2 is 1.75 bits per heavy atom. The van der Waals surface area contributed by atoms with Crippen molar-refractivity contribution in [2.24, 2.45) is 0 Å². The fourth-order valence-corrected chi connectivity index (χ4v) is 2.71. The van der Waals surface area contributed by atoms with Gasteiger partial charge in [0.2, 0.25) is 0 Å². The van der Waals surface area contributed by atoms with Crippen molar-refractivity contribution in [2.45, 2.75) is 33.2 Å². The number of carbonyl (C=O) groups is 1. The van der Waals surface area contributed by atoms with Gasteiger partial charge in [-0.2, -0.15) is 0 Å². The van der Waals surface area contributed by atoms with Crippen molar-refractivity contribution in [3.05, 3.63) is 58.7 Å². The quantitative estimate of drug-likeness (QED) is 0.865. The summed E-state index contributed by atoms with van der Waals surface area (Å²) in [7, 11) is 3.22. The van der Waals surface area contributed by atoms with Crippen molar-refractivity contribution in [3.63, 3.8) is 0 Å². The van der Waals surface area contributed by atoms with Gasteiger partial charge in [-0.25, -0.2) is 0 Å². The van der Waals surface area contributed by atoms with Crippen LogP contribution in [0.25, 0.3) is 0 Å². The highest BCUT2D eigenvalue weighted by Crippen LogP contribution is 2.31. The molecule has 4 nitrogen and oxygen atoms in total. The molecule has 2 aromatic carbocycles. The van der Waals surface area contributed by atoms with Crippen LogP contribution in [0.3, 0.4) is 0 Å². The van der Waals surface area contributed by atoms with E-state index in [9.17, 15) is 4.79 Å². The molecule has 0 aliphatic carbocycles. The lowest BCUT2D eigenvalue weighted by atomic mass is 10.0. The predicted molar refractivity (Wildman–Crippen MR) is 96.0 cm³/mol. The van der Waals surface area contributed by atoms with Crippen molar-refractivity contribution < 1.29 is 14.3 Å². The van der Waals surface area contributed by atoms with Crippen LogP contribution in [0, 0.1) is 13.8 Å². The zero-order valence-corrected chi connectivity index (χ0v) is 15.0. The second-order valence-corrected chi connectivity index (χ2v) is 5.87. The molecular weight excluding hydrogens is 302 g/mol. The molecule has 0 bridgehead atoms. The van der Waals surface area contributed by atoms with Gasteiger partial charge in [-0.3, -0.25) is 4.79 Å². The molecule has 2 aromatic rings. The number of benzene rings is 2. The Kier molecular flexibility index (Phi) is 5.85. The molecule has 1 atom stereocenters. The third-order valence-electron chi connectivity index (χ3n) is 4.16. The van der Waals surface area contributed by atoms with Crippen LogP contribution >= 0.6 is 0 Å². The van der Waals surface area contributed by atoms with E-state index in [1.807, 2.05) is 57.2 Å². The topological polar surface area (TPSA) is 47.6 Å². The molecule has 2 rings (SSSR count). The first kappa shape index (κ1) is 17.9. The third-order valence-corrected chi connectivity index (χ3v) is 4.16. The fraction of sp³-hybridized carbons (Fsp3) is 0.350. The van der Waals surface area contributed by atoms with Gasteiger partial charge in [0, 0.05) is 5.56 Å². The molecule has 4 heteroatoms. The number of aryl methyl sites for hydroxylation is 2. The van der Waals surface area contributed by atoms with Gasteiger partial charge in [-0.15, -0.1) is 0 Å². The summed E-state index contributed by atoms with van der Waals surface area (Å²) in [6.45, 7) is 5.98. The smallest absolute Gasteiger partial charge is 0.252 e. The molecule has 128 valence electrons. The average molecular weight is 327 g/mol. The summed E-state index contributed by atoms with van der Waals surface area (Å²) in [4.78, 5) is 12.7. The van der Waals surface area contributed by atoms with Crippen LogP contribution in [0.5, 0.6) is 11.5 Å². The molecule has 1 unspecified atom stereocenters. The number of carbonyl (C=O) groups excluding carboxylic acids is 1. The van der Waals surface area contributed by atoms with Crippen molar-refractivity contribution in [1.82, 2.24) is 5.32 Å². The summed E-state index contributed by atoms with van der Waals surface area (Å²) in [5.41, 5.74) is 3.76. The normalized spacial score (nSPS) is 11.7. The maximum absolute atomic E-state index is 12.7. The van der Waals surface area contributed by atoms with E-state index in [4.69, 9.17) is 9.47 Å². The molecule has 0 heterocycles. The number of methoxy groups -OCH3 is 2. The van der Waals surface area contributed by atoms with E-state index >= 15 is 0 Å². The Bertz CT molecular complexity index is 725. The second kappa shape index (κ2) is 7.86. The summed E-state index contributed by atoms with van der Waals surface area (Å²) < 4.78 is 10.6. The summed E-state index contributed by atoms with van der Waals surface area (Å²) >= 11 is 0. The Hall–Kier alpha value is -2.49. The lowest BCUT2D eigenvalue weighted by molar-refractivity contribution is 0.0935. The number of nitrogens with one attached hydrogen (secondary N) is 1. The van der Waals surface area contributed by atoms with Gasteiger partial charge in [0.25, 0.3) is 5.91 Å². The van der Waals surface area contributed by atoms with Crippen LogP contribution in [0.4, 0.5) is 0 Å². The van der Waals surface area contributed by atoms with E-state index < -0.39 is 0 Å². The fourth-order valence-electron chi connectivity index (χ4n) is 2.71. The van der Waals surface area contributed by atoms with Crippen LogP contribution in [0.15, 0.2) is 36.4 Å². The second-order valence-electron chi connectivity index (χ2n) is 5.87. The van der Waals surface area contributed by atoms with Crippen molar-refractivity contribution >= 4 is 5.91 Å². The highest BCUT2D eigenvalue weighted by molar-refractivity contribution is 5.96. The van der Waals surface area contributed by atoms with Crippen molar-refractivity contribution in [3.8, 4) is 11.5 Å². The minimum atomic E-state index is -0.0859. The first-order chi connectivity index (χ1) is 11.5. The van der Waals surface area contributed by atoms with Crippen LogP contribution in [-0.2, 0) is 0 Å². The molecule has 1 amide bonds. The average Bonchev–Trinajstić information content (AvgIpc) is 2.60. The molecular formula is C20H25NO3. The molecule has 0 aromatic heterocycles. The van der Waals surface area contributed by atoms with Gasteiger partial charge >= 0.3 is 0 Å². The van der Waals surface area contributed by atoms with E-state index in [2.05, 4.69) is 5.32 Å². The molecule has 0 spiro atoms. The zero-order chi connectivity index (χ0) is 17.7. The maximum Gasteiger partial charge on any atom is 0.252 e. The van der Waals surface area contributed by atoms with Gasteiger partial charge in [0.05, 0.1) is 20.3 Å². The lowest BCUT2D eigenvalue weighted by Crippen LogP contribution is -2.28. The van der Waals surface area contributed by atoms with Crippen LogP contribution < -0.4 is 14.8 Å². The van der Waals surface area contributed by atoms with Gasteiger partial charge in [-0.1, -0.05) is 30.7 Å². The number of hydrogen-bond acceptors (Lipinski definition) is 3. The minimum Gasteiger partial charge on any atom is -0.493 e. The SMILES string of the molecule is CCC(NC(=O)c1cc(C)ccc1C)c1ccc(OC)c(OC)c1. The van der Waals surface area contributed by atoms with Crippen LogP contribution in [0.2, 0.25) is 0 Å². The highest BCUT2D eigenvalue weighted by atomic mass is 16.5. The maximum atomic E-state index is 12.7. The van der Waals surface area contributed by atoms with E-state index in [1.54, 1.807) is 14.2 Å². The van der Waals surface area contributed by atoms with Gasteiger partial charge in [-0.05, 0) is 49.6 Å². The standard InChI is InChI=1S/C20H25NO3/c1-6-17(15-9-10-18(23-4)19(12-15)24-5)21-20(22)16-11-13(2)7-8-14(16)3/h7-12,17H,6H2,1-5H3,(H,21,22). The predicted octanol–water partition coefficient (Wildman–Crippen LogP) is 4.20. The molecule has 24 heavy (non-hydrogen) atoms. The monoisotopic (exact) mass is 327 g/mol. The van der Waals surface area contributed by atoms with Crippen molar-refractivity contribution in [2.75, 3.05) is 14.2 Å². The number of rotatable bonds is 6. The Balaban J connectivity index is 2.26. The van der Waals surface area contributed by atoms with Gasteiger partial charge in [0.1, 0.15) is 0 Å². The summed E-state index contributed by atoms with van der Waals surface area (Å²) in [6.07, 6.45) is 0.784. The first-order valence-corrected chi connectivity index (χ1v) is 8.10. The Morgan fingerprint density at radius 1 is 1.04 bits per heavy atom. The summed E-state index contributed by atoms with van der Waals surface area (Å²) in [6, 6.07) is 11.6. The first-order valence-electron chi connectivity index (χ1n) is 8.10. The van der Waals surface area contributed by atoms with Gasteiger partial charge in [0.15, 0.2) is 11.5 Å². The molecule has 0 fully saturated rings. The molecule has 0 saturated heterocycles. The van der Waals surface area contributed by atoms with E-state index in [0.29, 0.717) is 17.1 Å². The largest absolute Gasteiger partial charge is 0.493 e. The van der Waals surface area contributed by atoms with Crippen molar-refractivity contribution in [1.29, 1.82) is 0 Å². The molecule has 0 aliphatic heterocycles. The van der Waals surface area contributed by atoms with E-state index in [0.717, 1.165) is 23.1 Å². The Morgan fingerprint density at radius 3 is 2.38 bits per heavy atom. The third kappa shape index (κ3) is 3.88. The number of ether oxygens (including phenoxy) is 2. The van der Waals surface area contributed by atoms with Gasteiger partial charge < -0.3 is 14.8 Å². The molecule has 0 saturated carbocycles.